The maximum atomic E-state index is 13.9. The van der Waals surface area contributed by atoms with Crippen molar-refractivity contribution < 1.29 is 28.5 Å². The Balaban J connectivity index is 1.58. The van der Waals surface area contributed by atoms with Crippen LogP contribution in [-0.4, -0.2) is 24.8 Å². The van der Waals surface area contributed by atoms with Crippen LogP contribution < -0.4 is 41.9 Å². The van der Waals surface area contributed by atoms with E-state index in [0.29, 0.717) is 36.2 Å². The quantitative estimate of drug-likeness (QED) is 0.192. The standard InChI is InChI=1S/C30H28N4O6/c1-3-37-15-7-5-9-17(11-15)39-21-13-19(31)23-25(27(21)33)30(36)26-24(29(23)35)20(32)14-22(28(26)34)40-18-10-6-8-16(12-18)38-4-2/h5-14H,3-4,31-34H2,1-2H3. The number of ether oxygens (including phenoxy) is 4. The monoisotopic (exact) mass is 540 g/mol. The van der Waals surface area contributed by atoms with Crippen LogP contribution in [0, 0.1) is 0 Å². The highest BCUT2D eigenvalue weighted by atomic mass is 16.5. The second kappa shape index (κ2) is 10.4. The number of hydrogen-bond acceptors (Lipinski definition) is 10. The van der Waals surface area contributed by atoms with Crippen molar-refractivity contribution in [2.24, 2.45) is 0 Å². The number of rotatable bonds is 8. The minimum atomic E-state index is -0.625. The van der Waals surface area contributed by atoms with Crippen LogP contribution in [-0.2, 0) is 0 Å². The van der Waals surface area contributed by atoms with Crippen LogP contribution >= 0.6 is 0 Å². The first-order valence-corrected chi connectivity index (χ1v) is 12.6. The molecular weight excluding hydrogens is 512 g/mol. The van der Waals surface area contributed by atoms with E-state index in [2.05, 4.69) is 0 Å². The van der Waals surface area contributed by atoms with Gasteiger partial charge in [0.05, 0.1) is 46.8 Å². The van der Waals surface area contributed by atoms with E-state index in [0.717, 1.165) is 0 Å². The molecule has 0 aromatic heterocycles. The molecule has 8 N–H and O–H groups in total. The molecule has 1 aliphatic rings. The molecular formula is C30H28N4O6. The van der Waals surface area contributed by atoms with Crippen molar-refractivity contribution in [1.82, 2.24) is 0 Å². The number of nitrogen functional groups attached to an aromatic ring is 4. The summed E-state index contributed by atoms with van der Waals surface area (Å²) < 4.78 is 23.0. The molecule has 0 fully saturated rings. The fourth-order valence-corrected chi connectivity index (χ4v) is 4.61. The first kappa shape index (κ1) is 26.2. The number of nitrogens with two attached hydrogens (primary N) is 4. The van der Waals surface area contributed by atoms with Gasteiger partial charge in [0.25, 0.3) is 0 Å². The van der Waals surface area contributed by atoms with Gasteiger partial charge in [-0.3, -0.25) is 9.59 Å². The van der Waals surface area contributed by atoms with Crippen LogP contribution in [0.15, 0.2) is 60.7 Å². The molecule has 10 heteroatoms. The predicted octanol–water partition coefficient (Wildman–Crippen LogP) is 5.17. The summed E-state index contributed by atoms with van der Waals surface area (Å²) in [5.74, 6) is 0.983. The van der Waals surface area contributed by atoms with E-state index in [1.54, 1.807) is 48.5 Å². The lowest BCUT2D eigenvalue weighted by atomic mass is 9.80. The molecule has 0 radical (unpaired) electrons. The fraction of sp³-hybridized carbons (Fsp3) is 0.133. The van der Waals surface area contributed by atoms with Crippen molar-refractivity contribution in [3.8, 4) is 34.5 Å². The molecule has 0 spiro atoms. The van der Waals surface area contributed by atoms with Crippen molar-refractivity contribution >= 4 is 34.3 Å². The van der Waals surface area contributed by atoms with Gasteiger partial charge in [0, 0.05) is 35.6 Å². The molecule has 1 aliphatic carbocycles. The van der Waals surface area contributed by atoms with E-state index in [-0.39, 0.29) is 56.5 Å². The highest BCUT2D eigenvalue weighted by molar-refractivity contribution is 6.35. The number of carbonyl (C=O) groups excluding carboxylic acids is 2. The van der Waals surface area contributed by atoms with Crippen LogP contribution in [0.3, 0.4) is 0 Å². The molecule has 0 aliphatic heterocycles. The molecule has 10 nitrogen and oxygen atoms in total. The van der Waals surface area contributed by atoms with Gasteiger partial charge >= 0.3 is 0 Å². The van der Waals surface area contributed by atoms with Crippen LogP contribution in [0.25, 0.3) is 0 Å². The maximum Gasteiger partial charge on any atom is 0.199 e. The number of anilines is 4. The lowest BCUT2D eigenvalue weighted by Gasteiger charge is -2.25. The Morgan fingerprint density at radius 2 is 0.925 bits per heavy atom. The molecule has 0 amide bonds. The highest BCUT2D eigenvalue weighted by Crippen LogP contribution is 2.46. The summed E-state index contributed by atoms with van der Waals surface area (Å²) in [4.78, 5) is 27.5. The first-order chi connectivity index (χ1) is 19.2. The molecule has 204 valence electrons. The minimum Gasteiger partial charge on any atom is -0.494 e. The van der Waals surface area contributed by atoms with Crippen molar-refractivity contribution in [1.29, 1.82) is 0 Å². The summed E-state index contributed by atoms with van der Waals surface area (Å²) in [7, 11) is 0. The highest BCUT2D eigenvalue weighted by Gasteiger charge is 2.38. The zero-order valence-electron chi connectivity index (χ0n) is 21.9. The fourth-order valence-electron chi connectivity index (χ4n) is 4.61. The van der Waals surface area contributed by atoms with E-state index in [1.807, 2.05) is 13.8 Å². The van der Waals surface area contributed by atoms with Gasteiger partial charge in [-0.25, -0.2) is 0 Å². The molecule has 4 aromatic carbocycles. The van der Waals surface area contributed by atoms with E-state index in [1.165, 1.54) is 12.1 Å². The third-order valence-corrected chi connectivity index (χ3v) is 6.32. The van der Waals surface area contributed by atoms with Crippen molar-refractivity contribution in [2.75, 3.05) is 36.1 Å². The third kappa shape index (κ3) is 4.55. The number of benzene rings is 4. The molecule has 0 saturated heterocycles. The van der Waals surface area contributed by atoms with Gasteiger partial charge in [-0.2, -0.15) is 0 Å². The zero-order chi connectivity index (χ0) is 28.6. The van der Waals surface area contributed by atoms with E-state index in [4.69, 9.17) is 41.9 Å². The van der Waals surface area contributed by atoms with Gasteiger partial charge in [-0.1, -0.05) is 12.1 Å². The maximum absolute atomic E-state index is 13.9. The number of fused-ring (bicyclic) bond motifs is 2. The summed E-state index contributed by atoms with van der Waals surface area (Å²) >= 11 is 0. The second-order valence-corrected chi connectivity index (χ2v) is 8.93. The molecule has 4 aromatic rings. The molecule has 0 atom stereocenters. The summed E-state index contributed by atoms with van der Waals surface area (Å²) in [6.07, 6.45) is 0. The summed E-state index contributed by atoms with van der Waals surface area (Å²) in [5.41, 5.74) is 24.9. The lowest BCUT2D eigenvalue weighted by molar-refractivity contribution is 0.0981. The minimum absolute atomic E-state index is 0.00944. The van der Waals surface area contributed by atoms with Crippen LogP contribution in [0.4, 0.5) is 22.7 Å². The third-order valence-electron chi connectivity index (χ3n) is 6.32. The van der Waals surface area contributed by atoms with Gasteiger partial charge in [0.15, 0.2) is 23.1 Å². The SMILES string of the molecule is CCOc1cccc(Oc2cc(N)c3c(c2N)C(=O)c2c(N)c(Oc4cccc(OCC)c4)cc(N)c2C3=O)c1. The summed E-state index contributed by atoms with van der Waals surface area (Å²) in [6.45, 7) is 4.68. The Kier molecular flexibility index (Phi) is 6.83. The molecule has 5 rings (SSSR count). The molecule has 40 heavy (non-hydrogen) atoms. The first-order valence-electron chi connectivity index (χ1n) is 12.6. The lowest BCUT2D eigenvalue weighted by Crippen LogP contribution is -2.26. The van der Waals surface area contributed by atoms with Crippen molar-refractivity contribution in [3.05, 3.63) is 82.9 Å². The smallest absolute Gasteiger partial charge is 0.199 e. The van der Waals surface area contributed by atoms with Gasteiger partial charge in [0.2, 0.25) is 0 Å². The van der Waals surface area contributed by atoms with Gasteiger partial charge in [-0.15, -0.1) is 0 Å². The number of ketones is 2. The molecule has 0 bridgehead atoms. The van der Waals surface area contributed by atoms with E-state index < -0.39 is 11.6 Å². The van der Waals surface area contributed by atoms with Crippen LogP contribution in [0.5, 0.6) is 34.5 Å². The average Bonchev–Trinajstić information content (AvgIpc) is 2.92. The second-order valence-electron chi connectivity index (χ2n) is 8.93. The van der Waals surface area contributed by atoms with Crippen molar-refractivity contribution in [2.45, 2.75) is 13.8 Å². The molecule has 0 unspecified atom stereocenters. The average molecular weight is 541 g/mol. The number of hydrogen-bond donors (Lipinski definition) is 4. The Bertz CT molecular complexity index is 1550. The van der Waals surface area contributed by atoms with Crippen LogP contribution in [0.1, 0.15) is 45.7 Å². The molecule has 0 saturated carbocycles. The Morgan fingerprint density at radius 3 is 1.32 bits per heavy atom. The van der Waals surface area contributed by atoms with Crippen molar-refractivity contribution in [3.63, 3.8) is 0 Å². The molecule has 0 heterocycles. The van der Waals surface area contributed by atoms with Gasteiger partial charge in [0.1, 0.15) is 23.0 Å². The zero-order valence-corrected chi connectivity index (χ0v) is 21.9. The Morgan fingerprint density at radius 1 is 0.550 bits per heavy atom. The summed E-state index contributed by atoms with van der Waals surface area (Å²) in [6, 6.07) is 16.6. The summed E-state index contributed by atoms with van der Waals surface area (Å²) in [5, 5.41) is 0. The Hall–Kier alpha value is -5.38. The van der Waals surface area contributed by atoms with E-state index in [9.17, 15) is 9.59 Å². The topological polar surface area (TPSA) is 175 Å². The largest absolute Gasteiger partial charge is 0.494 e. The number of carbonyl (C=O) groups is 2. The van der Waals surface area contributed by atoms with Crippen LogP contribution in [0.2, 0.25) is 0 Å². The predicted molar refractivity (Wildman–Crippen MR) is 153 cm³/mol. The van der Waals surface area contributed by atoms with Gasteiger partial charge < -0.3 is 41.9 Å². The Labute approximate surface area is 230 Å². The normalized spacial score (nSPS) is 11.9. The van der Waals surface area contributed by atoms with E-state index >= 15 is 0 Å². The van der Waals surface area contributed by atoms with Gasteiger partial charge in [-0.05, 0) is 38.1 Å².